The fraction of sp³-hybridized carbons (Fsp3) is 0.556. The number of aryl methyl sites for hydroxylation is 1. The van der Waals surface area contributed by atoms with E-state index in [9.17, 15) is 4.79 Å². The average molecular weight is 227 g/mol. The van der Waals surface area contributed by atoms with Crippen molar-refractivity contribution in [3.8, 4) is 0 Å². The largest absolute Gasteiger partial charge is 0.377 e. The van der Waals surface area contributed by atoms with Crippen molar-refractivity contribution < 1.29 is 9.53 Å². The van der Waals surface area contributed by atoms with E-state index in [2.05, 4.69) is 4.98 Å². The van der Waals surface area contributed by atoms with Crippen LogP contribution >= 0.6 is 11.3 Å². The van der Waals surface area contributed by atoms with Crippen molar-refractivity contribution in [2.24, 2.45) is 5.73 Å². The Labute approximate surface area is 91.9 Å². The number of nitrogens with two attached hydrogens (primary N) is 1. The number of hydrogen-bond acceptors (Lipinski definition) is 4. The first kappa shape index (κ1) is 10.4. The molecule has 82 valence electrons. The van der Waals surface area contributed by atoms with Crippen LogP contribution < -0.4 is 5.73 Å². The number of nitrogens with zero attached hydrogens (tertiary/aromatic N) is 2. The zero-order valence-corrected chi connectivity index (χ0v) is 9.29. The van der Waals surface area contributed by atoms with Crippen molar-refractivity contribution in [3.63, 3.8) is 0 Å². The van der Waals surface area contributed by atoms with Crippen LogP contribution in [0.25, 0.3) is 0 Å². The molecule has 5 nitrogen and oxygen atoms in total. The van der Waals surface area contributed by atoms with Gasteiger partial charge in [-0.05, 0) is 6.92 Å². The molecule has 1 saturated heterocycles. The van der Waals surface area contributed by atoms with Crippen LogP contribution in [-0.2, 0) is 4.74 Å². The minimum atomic E-state index is -0.406. The Bertz CT molecular complexity index is 366. The highest BCUT2D eigenvalue weighted by Crippen LogP contribution is 2.26. The molecule has 0 bridgehead atoms. The highest BCUT2D eigenvalue weighted by molar-refractivity contribution is 7.09. The Hall–Kier alpha value is -1.14. The number of ether oxygens (including phenoxy) is 1. The van der Waals surface area contributed by atoms with E-state index >= 15 is 0 Å². The van der Waals surface area contributed by atoms with Crippen molar-refractivity contribution >= 4 is 17.4 Å². The maximum Gasteiger partial charge on any atom is 0.315 e. The summed E-state index contributed by atoms with van der Waals surface area (Å²) >= 11 is 1.54. The van der Waals surface area contributed by atoms with Crippen LogP contribution in [0.3, 0.4) is 0 Å². The second-order valence-electron chi connectivity index (χ2n) is 3.45. The number of aromatic nitrogens is 1. The third-order valence-electron chi connectivity index (χ3n) is 2.33. The second kappa shape index (κ2) is 4.16. The molecule has 1 atom stereocenters. The number of primary amides is 1. The van der Waals surface area contributed by atoms with Gasteiger partial charge in [0.1, 0.15) is 11.0 Å². The molecule has 0 radical (unpaired) electrons. The molecule has 1 fully saturated rings. The van der Waals surface area contributed by atoms with Crippen molar-refractivity contribution in [3.05, 3.63) is 16.1 Å². The van der Waals surface area contributed by atoms with Gasteiger partial charge in [-0.3, -0.25) is 0 Å². The molecule has 0 aliphatic carbocycles. The first-order valence-electron chi connectivity index (χ1n) is 4.74. The van der Waals surface area contributed by atoms with Crippen molar-refractivity contribution in [2.45, 2.75) is 13.0 Å². The molecular formula is C9H13N3O2S. The summed E-state index contributed by atoms with van der Waals surface area (Å²) in [5.74, 6) is 0. The Morgan fingerprint density at radius 1 is 1.80 bits per heavy atom. The number of thiazole rings is 1. The second-order valence-corrected chi connectivity index (χ2v) is 4.34. The zero-order valence-electron chi connectivity index (χ0n) is 8.47. The molecule has 1 unspecified atom stereocenters. The lowest BCUT2D eigenvalue weighted by atomic mass is 10.2. The molecule has 1 aromatic rings. The fourth-order valence-corrected chi connectivity index (χ4v) is 2.49. The van der Waals surface area contributed by atoms with Crippen LogP contribution in [0.5, 0.6) is 0 Å². The van der Waals surface area contributed by atoms with Gasteiger partial charge in [0.15, 0.2) is 0 Å². The van der Waals surface area contributed by atoms with Crippen LogP contribution in [0.15, 0.2) is 5.38 Å². The Morgan fingerprint density at radius 2 is 2.60 bits per heavy atom. The molecule has 2 amide bonds. The Kier molecular flexibility index (Phi) is 2.88. The van der Waals surface area contributed by atoms with E-state index in [0.717, 1.165) is 10.7 Å². The lowest BCUT2D eigenvalue weighted by Crippen LogP contribution is -2.45. The monoisotopic (exact) mass is 227 g/mol. The molecule has 2 heterocycles. The molecule has 1 aliphatic rings. The number of urea groups is 1. The van der Waals surface area contributed by atoms with Gasteiger partial charge in [-0.15, -0.1) is 11.3 Å². The van der Waals surface area contributed by atoms with E-state index in [0.29, 0.717) is 19.8 Å². The van der Waals surface area contributed by atoms with Gasteiger partial charge in [-0.2, -0.15) is 0 Å². The average Bonchev–Trinajstić information content (AvgIpc) is 2.65. The van der Waals surface area contributed by atoms with Gasteiger partial charge in [0.05, 0.1) is 13.2 Å². The van der Waals surface area contributed by atoms with Crippen molar-refractivity contribution in [1.82, 2.24) is 9.88 Å². The van der Waals surface area contributed by atoms with E-state index in [1.165, 1.54) is 11.3 Å². The van der Waals surface area contributed by atoms with Gasteiger partial charge in [-0.25, -0.2) is 9.78 Å². The number of rotatable bonds is 1. The van der Waals surface area contributed by atoms with Crippen LogP contribution in [0.4, 0.5) is 4.79 Å². The summed E-state index contributed by atoms with van der Waals surface area (Å²) in [6, 6.07) is -0.522. The normalized spacial score (nSPS) is 21.7. The Balaban J connectivity index is 2.21. The number of carbonyl (C=O) groups excluding carboxylic acids is 1. The number of morpholine rings is 1. The molecule has 15 heavy (non-hydrogen) atoms. The Morgan fingerprint density at radius 3 is 3.20 bits per heavy atom. The summed E-state index contributed by atoms with van der Waals surface area (Å²) in [7, 11) is 0. The molecule has 2 rings (SSSR count). The summed E-state index contributed by atoms with van der Waals surface area (Å²) in [5.41, 5.74) is 6.27. The predicted octanol–water partition coefficient (Wildman–Crippen LogP) is 0.904. The van der Waals surface area contributed by atoms with E-state index in [-0.39, 0.29) is 6.04 Å². The zero-order chi connectivity index (χ0) is 10.8. The molecule has 0 saturated carbocycles. The summed E-state index contributed by atoms with van der Waals surface area (Å²) < 4.78 is 5.34. The number of amides is 2. The summed E-state index contributed by atoms with van der Waals surface area (Å²) in [4.78, 5) is 17.2. The highest BCUT2D eigenvalue weighted by Gasteiger charge is 2.29. The minimum absolute atomic E-state index is 0.116. The van der Waals surface area contributed by atoms with Gasteiger partial charge in [0.2, 0.25) is 0 Å². The molecule has 1 aromatic heterocycles. The molecule has 0 spiro atoms. The molecular weight excluding hydrogens is 214 g/mol. The van der Waals surface area contributed by atoms with Crippen molar-refractivity contribution in [1.29, 1.82) is 0 Å². The topological polar surface area (TPSA) is 68.5 Å². The van der Waals surface area contributed by atoms with E-state index in [1.54, 1.807) is 4.90 Å². The summed E-state index contributed by atoms with van der Waals surface area (Å²) in [5, 5.41) is 2.86. The summed E-state index contributed by atoms with van der Waals surface area (Å²) in [6.07, 6.45) is 0. The quantitative estimate of drug-likeness (QED) is 0.775. The van der Waals surface area contributed by atoms with Crippen LogP contribution in [-0.4, -0.2) is 35.7 Å². The van der Waals surface area contributed by atoms with Crippen LogP contribution in [0, 0.1) is 6.92 Å². The maximum atomic E-state index is 11.2. The molecule has 6 heteroatoms. The first-order chi connectivity index (χ1) is 7.18. The van der Waals surface area contributed by atoms with Gasteiger partial charge in [0.25, 0.3) is 0 Å². The molecule has 2 N–H and O–H groups in total. The van der Waals surface area contributed by atoms with Gasteiger partial charge in [-0.1, -0.05) is 0 Å². The predicted molar refractivity (Wildman–Crippen MR) is 56.7 cm³/mol. The maximum absolute atomic E-state index is 11.2. The lowest BCUT2D eigenvalue weighted by Gasteiger charge is -2.32. The first-order valence-corrected chi connectivity index (χ1v) is 5.62. The number of carbonyl (C=O) groups is 1. The smallest absolute Gasteiger partial charge is 0.315 e. The summed E-state index contributed by atoms with van der Waals surface area (Å²) in [6.45, 7) is 3.50. The third kappa shape index (κ3) is 2.10. The number of hydrogen-bond donors (Lipinski definition) is 1. The van der Waals surface area contributed by atoms with Crippen LogP contribution in [0.2, 0.25) is 0 Å². The molecule has 1 aliphatic heterocycles. The fourth-order valence-electron chi connectivity index (χ4n) is 1.60. The molecule has 0 aromatic carbocycles. The van der Waals surface area contributed by atoms with E-state index < -0.39 is 6.03 Å². The SMILES string of the molecule is Cc1csc(C2COCCN2C(N)=O)n1. The van der Waals surface area contributed by atoms with E-state index in [4.69, 9.17) is 10.5 Å². The lowest BCUT2D eigenvalue weighted by molar-refractivity contribution is 0.0136. The van der Waals surface area contributed by atoms with E-state index in [1.807, 2.05) is 12.3 Å². The van der Waals surface area contributed by atoms with Gasteiger partial charge >= 0.3 is 6.03 Å². The van der Waals surface area contributed by atoms with Crippen molar-refractivity contribution in [2.75, 3.05) is 19.8 Å². The van der Waals surface area contributed by atoms with Gasteiger partial charge in [0, 0.05) is 17.6 Å². The third-order valence-corrected chi connectivity index (χ3v) is 3.40. The minimum Gasteiger partial charge on any atom is -0.377 e. The highest BCUT2D eigenvalue weighted by atomic mass is 32.1. The van der Waals surface area contributed by atoms with Crippen LogP contribution in [0.1, 0.15) is 16.7 Å². The standard InChI is InChI=1S/C9H13N3O2S/c1-6-5-15-8(11-6)7-4-14-3-2-12(7)9(10)13/h5,7H,2-4H2,1H3,(H2,10,13). The van der Waals surface area contributed by atoms with Gasteiger partial charge < -0.3 is 15.4 Å².